The molecule has 3 aromatic carbocycles. The third kappa shape index (κ3) is 4.98. The molecule has 1 aromatic heterocycles. The molecular formula is C26H24FN3O2S. The van der Waals surface area contributed by atoms with E-state index in [1.165, 1.54) is 23.9 Å². The van der Waals surface area contributed by atoms with Crippen LogP contribution in [0.4, 0.5) is 4.39 Å². The van der Waals surface area contributed by atoms with Crippen LogP contribution in [0.2, 0.25) is 0 Å². The summed E-state index contributed by atoms with van der Waals surface area (Å²) < 4.78 is 14.7. The van der Waals surface area contributed by atoms with Gasteiger partial charge in [0.1, 0.15) is 5.82 Å². The average Bonchev–Trinajstić information content (AvgIpc) is 2.79. The van der Waals surface area contributed by atoms with E-state index in [4.69, 9.17) is 4.98 Å². The summed E-state index contributed by atoms with van der Waals surface area (Å²) in [5.74, 6) is -0.438. The van der Waals surface area contributed by atoms with Gasteiger partial charge in [-0.2, -0.15) is 0 Å². The molecule has 0 bridgehead atoms. The van der Waals surface area contributed by atoms with Crippen LogP contribution in [-0.4, -0.2) is 21.2 Å². The number of carbonyl (C=O) groups excluding carboxylic acids is 1. The molecule has 1 amide bonds. The zero-order chi connectivity index (χ0) is 23.5. The van der Waals surface area contributed by atoms with Crippen molar-refractivity contribution in [3.8, 4) is 5.69 Å². The van der Waals surface area contributed by atoms with E-state index < -0.39 is 0 Å². The highest BCUT2D eigenvalue weighted by atomic mass is 32.2. The number of nitrogens with one attached hydrogen (secondary N) is 1. The number of amides is 1. The summed E-state index contributed by atoms with van der Waals surface area (Å²) >= 11 is 1.21. The van der Waals surface area contributed by atoms with E-state index in [0.717, 1.165) is 22.4 Å². The molecule has 168 valence electrons. The molecule has 0 aliphatic rings. The molecule has 1 N–H and O–H groups in total. The summed E-state index contributed by atoms with van der Waals surface area (Å²) in [6.07, 6.45) is 0. The van der Waals surface area contributed by atoms with Gasteiger partial charge in [-0.25, -0.2) is 9.37 Å². The van der Waals surface area contributed by atoms with Crippen molar-refractivity contribution in [3.63, 3.8) is 0 Å². The highest BCUT2D eigenvalue weighted by molar-refractivity contribution is 7.99. The molecule has 0 aliphatic carbocycles. The van der Waals surface area contributed by atoms with Crippen molar-refractivity contribution in [2.24, 2.45) is 0 Å². The third-order valence-corrected chi connectivity index (χ3v) is 6.36. The number of rotatable bonds is 6. The average molecular weight is 462 g/mol. The lowest BCUT2D eigenvalue weighted by atomic mass is 10.1. The van der Waals surface area contributed by atoms with Crippen LogP contribution < -0.4 is 10.9 Å². The highest BCUT2D eigenvalue weighted by Gasteiger charge is 2.17. The molecule has 0 fully saturated rings. The fourth-order valence-electron chi connectivity index (χ4n) is 3.73. The van der Waals surface area contributed by atoms with E-state index in [2.05, 4.69) is 5.32 Å². The molecule has 0 saturated carbocycles. The second kappa shape index (κ2) is 9.58. The van der Waals surface area contributed by atoms with Gasteiger partial charge in [-0.3, -0.25) is 14.2 Å². The van der Waals surface area contributed by atoms with Crippen molar-refractivity contribution in [3.05, 3.63) is 99.6 Å². The molecule has 4 rings (SSSR count). The molecule has 0 spiro atoms. The number of hydrogen-bond acceptors (Lipinski definition) is 4. The Kier molecular flexibility index (Phi) is 6.60. The van der Waals surface area contributed by atoms with Crippen molar-refractivity contribution in [2.75, 3.05) is 5.75 Å². The minimum Gasteiger partial charge on any atom is -0.349 e. The van der Waals surface area contributed by atoms with Gasteiger partial charge in [-0.05, 0) is 62.2 Å². The maximum atomic E-state index is 13.4. The van der Waals surface area contributed by atoms with Crippen molar-refractivity contribution in [2.45, 2.75) is 32.0 Å². The summed E-state index contributed by atoms with van der Waals surface area (Å²) in [5.41, 5.74) is 4.02. The number of fused-ring (bicyclic) bond motifs is 1. The van der Waals surface area contributed by atoms with E-state index in [-0.39, 0.29) is 29.1 Å². The van der Waals surface area contributed by atoms with Gasteiger partial charge in [0.2, 0.25) is 5.91 Å². The molecule has 4 aromatic rings. The van der Waals surface area contributed by atoms with Crippen LogP contribution in [0.3, 0.4) is 0 Å². The Labute approximate surface area is 195 Å². The van der Waals surface area contributed by atoms with Gasteiger partial charge in [0.05, 0.1) is 28.4 Å². The van der Waals surface area contributed by atoms with Gasteiger partial charge in [0.25, 0.3) is 5.56 Å². The molecule has 1 atom stereocenters. The minimum atomic E-state index is -0.320. The SMILES string of the molecule is Cc1ccc(-n2c(SCC(=O)NC(C)c3ccc(F)cc3)nc3ccccc3c2=O)c(C)c1. The number of carbonyl (C=O) groups is 1. The molecule has 0 saturated heterocycles. The van der Waals surface area contributed by atoms with Gasteiger partial charge < -0.3 is 5.32 Å². The summed E-state index contributed by atoms with van der Waals surface area (Å²) in [7, 11) is 0. The first-order valence-corrected chi connectivity index (χ1v) is 11.6. The van der Waals surface area contributed by atoms with Crippen LogP contribution in [0, 0.1) is 19.7 Å². The molecule has 33 heavy (non-hydrogen) atoms. The Morgan fingerprint density at radius 3 is 2.55 bits per heavy atom. The van der Waals surface area contributed by atoms with Crippen LogP contribution in [0.25, 0.3) is 16.6 Å². The van der Waals surface area contributed by atoms with Crippen molar-refractivity contribution in [1.82, 2.24) is 14.9 Å². The number of thioether (sulfide) groups is 1. The number of hydrogen-bond donors (Lipinski definition) is 1. The predicted molar refractivity (Wildman–Crippen MR) is 130 cm³/mol. The van der Waals surface area contributed by atoms with Gasteiger partial charge in [0, 0.05) is 0 Å². The van der Waals surface area contributed by atoms with Crippen LogP contribution in [0.1, 0.15) is 29.7 Å². The first kappa shape index (κ1) is 22.7. The Hall–Kier alpha value is -3.45. The van der Waals surface area contributed by atoms with E-state index in [1.54, 1.807) is 28.8 Å². The second-order valence-corrected chi connectivity index (χ2v) is 8.91. The van der Waals surface area contributed by atoms with Gasteiger partial charge in [-0.1, -0.05) is 53.7 Å². The molecule has 5 nitrogen and oxygen atoms in total. The molecule has 7 heteroatoms. The van der Waals surface area contributed by atoms with Gasteiger partial charge >= 0.3 is 0 Å². The summed E-state index contributed by atoms with van der Waals surface area (Å²) in [6, 6.07) is 18.8. The minimum absolute atomic E-state index is 0.0845. The fourth-order valence-corrected chi connectivity index (χ4v) is 4.54. The standard InChI is InChI=1S/C26H24FN3O2S/c1-16-8-13-23(17(2)14-16)30-25(32)21-6-4-5-7-22(21)29-26(30)33-15-24(31)28-18(3)19-9-11-20(27)12-10-19/h4-14,18H,15H2,1-3H3,(H,28,31). The number of benzene rings is 3. The van der Waals surface area contributed by atoms with Gasteiger partial charge in [0.15, 0.2) is 5.16 Å². The van der Waals surface area contributed by atoms with E-state index in [0.29, 0.717) is 16.1 Å². The Balaban J connectivity index is 1.63. The third-order valence-electron chi connectivity index (χ3n) is 5.42. The molecule has 1 heterocycles. The number of halogens is 1. The Morgan fingerprint density at radius 1 is 1.09 bits per heavy atom. The number of aromatic nitrogens is 2. The lowest BCUT2D eigenvalue weighted by molar-refractivity contribution is -0.119. The Bertz CT molecular complexity index is 1380. The smallest absolute Gasteiger partial charge is 0.266 e. The second-order valence-electron chi connectivity index (χ2n) is 7.97. The first-order valence-electron chi connectivity index (χ1n) is 10.6. The quantitative estimate of drug-likeness (QED) is 0.320. The lowest BCUT2D eigenvalue weighted by Gasteiger charge is -2.17. The van der Waals surface area contributed by atoms with Crippen molar-refractivity contribution >= 4 is 28.6 Å². The summed E-state index contributed by atoms with van der Waals surface area (Å²) in [6.45, 7) is 5.80. The van der Waals surface area contributed by atoms with E-state index in [1.807, 2.05) is 51.1 Å². The Morgan fingerprint density at radius 2 is 1.82 bits per heavy atom. The maximum Gasteiger partial charge on any atom is 0.266 e. The number of nitrogens with zero attached hydrogens (tertiary/aromatic N) is 2. The van der Waals surface area contributed by atoms with E-state index >= 15 is 0 Å². The predicted octanol–water partition coefficient (Wildman–Crippen LogP) is 5.11. The molecule has 1 unspecified atom stereocenters. The van der Waals surface area contributed by atoms with Crippen molar-refractivity contribution < 1.29 is 9.18 Å². The number of aryl methyl sites for hydroxylation is 2. The molecule has 0 aliphatic heterocycles. The van der Waals surface area contributed by atoms with Crippen molar-refractivity contribution in [1.29, 1.82) is 0 Å². The molecular weight excluding hydrogens is 437 g/mol. The summed E-state index contributed by atoms with van der Waals surface area (Å²) in [5, 5.41) is 3.90. The van der Waals surface area contributed by atoms with Gasteiger partial charge in [-0.15, -0.1) is 0 Å². The monoisotopic (exact) mass is 461 g/mol. The maximum absolute atomic E-state index is 13.4. The topological polar surface area (TPSA) is 64.0 Å². The van der Waals surface area contributed by atoms with Crippen LogP contribution in [0.5, 0.6) is 0 Å². The zero-order valence-corrected chi connectivity index (χ0v) is 19.4. The fraction of sp³-hybridized carbons (Fsp3) is 0.192. The first-order chi connectivity index (χ1) is 15.8. The normalized spacial score (nSPS) is 12.0. The highest BCUT2D eigenvalue weighted by Crippen LogP contribution is 2.24. The number of para-hydroxylation sites is 1. The van der Waals surface area contributed by atoms with Crippen LogP contribution in [0.15, 0.2) is 76.7 Å². The zero-order valence-electron chi connectivity index (χ0n) is 18.6. The largest absolute Gasteiger partial charge is 0.349 e. The van der Waals surface area contributed by atoms with Crippen LogP contribution >= 0.6 is 11.8 Å². The molecule has 0 radical (unpaired) electrons. The summed E-state index contributed by atoms with van der Waals surface area (Å²) in [4.78, 5) is 30.8. The van der Waals surface area contributed by atoms with Crippen LogP contribution in [-0.2, 0) is 4.79 Å². The van der Waals surface area contributed by atoms with E-state index in [9.17, 15) is 14.0 Å². The lowest BCUT2D eigenvalue weighted by Crippen LogP contribution is -2.29.